The summed E-state index contributed by atoms with van der Waals surface area (Å²) < 4.78 is 10.6. The van der Waals surface area contributed by atoms with Crippen LogP contribution in [0.3, 0.4) is 0 Å². The SMILES string of the molecule is CC1O[C@@H](C)C(Cl)[C@@H](C)O1. The van der Waals surface area contributed by atoms with Gasteiger partial charge in [0, 0.05) is 0 Å². The van der Waals surface area contributed by atoms with Crippen LogP contribution in [-0.4, -0.2) is 23.9 Å². The molecule has 0 aromatic carbocycles. The molecule has 0 saturated carbocycles. The molecule has 2 unspecified atom stereocenters. The van der Waals surface area contributed by atoms with E-state index in [0.717, 1.165) is 0 Å². The van der Waals surface area contributed by atoms with Crippen molar-refractivity contribution in [3.63, 3.8) is 0 Å². The van der Waals surface area contributed by atoms with Gasteiger partial charge in [-0.05, 0) is 20.8 Å². The molecule has 4 atom stereocenters. The summed E-state index contributed by atoms with van der Waals surface area (Å²) in [6.45, 7) is 5.82. The van der Waals surface area contributed by atoms with Gasteiger partial charge < -0.3 is 9.47 Å². The monoisotopic (exact) mass is 164 g/mol. The Kier molecular flexibility index (Phi) is 2.55. The van der Waals surface area contributed by atoms with E-state index < -0.39 is 0 Å². The molecule has 0 spiro atoms. The van der Waals surface area contributed by atoms with Gasteiger partial charge in [-0.1, -0.05) is 0 Å². The first kappa shape index (κ1) is 8.31. The van der Waals surface area contributed by atoms with E-state index in [1.54, 1.807) is 0 Å². The van der Waals surface area contributed by atoms with Crippen LogP contribution in [0, 0.1) is 0 Å². The molecule has 2 nitrogen and oxygen atoms in total. The third-order valence-corrected chi connectivity index (χ3v) is 2.42. The molecule has 1 fully saturated rings. The second-order valence-corrected chi connectivity index (χ2v) is 3.20. The van der Waals surface area contributed by atoms with Crippen molar-refractivity contribution in [3.05, 3.63) is 0 Å². The van der Waals surface area contributed by atoms with Crippen molar-refractivity contribution in [1.82, 2.24) is 0 Å². The fourth-order valence-electron chi connectivity index (χ4n) is 1.17. The summed E-state index contributed by atoms with van der Waals surface area (Å²) >= 11 is 5.93. The van der Waals surface area contributed by atoms with Crippen LogP contribution in [0.1, 0.15) is 20.8 Å². The highest BCUT2D eigenvalue weighted by Crippen LogP contribution is 2.22. The van der Waals surface area contributed by atoms with Crippen molar-refractivity contribution in [1.29, 1.82) is 0 Å². The molecule has 0 aromatic heterocycles. The fraction of sp³-hybridized carbons (Fsp3) is 1.00. The number of alkyl halides is 1. The maximum absolute atomic E-state index is 5.93. The minimum absolute atomic E-state index is 0.0174. The van der Waals surface area contributed by atoms with Crippen LogP contribution in [0.5, 0.6) is 0 Å². The second-order valence-electron chi connectivity index (χ2n) is 2.69. The summed E-state index contributed by atoms with van der Waals surface area (Å²) in [5, 5.41) is -0.0174. The minimum Gasteiger partial charge on any atom is -0.348 e. The van der Waals surface area contributed by atoms with Crippen LogP contribution in [0.2, 0.25) is 0 Å². The number of halogens is 1. The summed E-state index contributed by atoms with van der Waals surface area (Å²) in [7, 11) is 0. The predicted molar refractivity (Wildman–Crippen MR) is 40.2 cm³/mol. The van der Waals surface area contributed by atoms with Crippen LogP contribution in [-0.2, 0) is 9.47 Å². The second kappa shape index (κ2) is 3.07. The lowest BCUT2D eigenvalue weighted by atomic mass is 10.1. The summed E-state index contributed by atoms with van der Waals surface area (Å²) in [5.74, 6) is 0. The number of hydrogen-bond acceptors (Lipinski definition) is 2. The molecule has 10 heavy (non-hydrogen) atoms. The zero-order chi connectivity index (χ0) is 7.72. The van der Waals surface area contributed by atoms with E-state index in [1.807, 2.05) is 20.8 Å². The molecule has 1 saturated heterocycles. The third-order valence-electron chi connectivity index (χ3n) is 1.71. The third kappa shape index (κ3) is 1.62. The van der Waals surface area contributed by atoms with Crippen molar-refractivity contribution in [3.8, 4) is 0 Å². The van der Waals surface area contributed by atoms with E-state index in [9.17, 15) is 0 Å². The Balaban J connectivity index is 2.49. The van der Waals surface area contributed by atoms with Gasteiger partial charge in [0.2, 0.25) is 0 Å². The maximum Gasteiger partial charge on any atom is 0.155 e. The van der Waals surface area contributed by atoms with Gasteiger partial charge in [-0.2, -0.15) is 0 Å². The average Bonchev–Trinajstić information content (AvgIpc) is 1.82. The van der Waals surface area contributed by atoms with Crippen molar-refractivity contribution in [2.24, 2.45) is 0 Å². The first-order valence-electron chi connectivity index (χ1n) is 3.56. The summed E-state index contributed by atoms with van der Waals surface area (Å²) in [6, 6.07) is 0. The van der Waals surface area contributed by atoms with E-state index in [4.69, 9.17) is 21.1 Å². The molecule has 0 aromatic rings. The van der Waals surface area contributed by atoms with E-state index >= 15 is 0 Å². The normalized spacial score (nSPS) is 49.2. The lowest BCUT2D eigenvalue weighted by Gasteiger charge is -2.34. The van der Waals surface area contributed by atoms with E-state index in [0.29, 0.717) is 0 Å². The number of rotatable bonds is 0. The highest BCUT2D eigenvalue weighted by molar-refractivity contribution is 6.21. The van der Waals surface area contributed by atoms with Gasteiger partial charge in [-0.3, -0.25) is 0 Å². The van der Waals surface area contributed by atoms with Crippen LogP contribution in [0.15, 0.2) is 0 Å². The van der Waals surface area contributed by atoms with Crippen LogP contribution < -0.4 is 0 Å². The molecule has 1 aliphatic heterocycles. The first-order valence-corrected chi connectivity index (χ1v) is 4.00. The first-order chi connectivity index (χ1) is 4.61. The molecular weight excluding hydrogens is 152 g/mol. The van der Waals surface area contributed by atoms with Crippen LogP contribution in [0.25, 0.3) is 0 Å². The molecule has 0 amide bonds. The van der Waals surface area contributed by atoms with Gasteiger partial charge in [0.1, 0.15) is 0 Å². The van der Waals surface area contributed by atoms with Crippen molar-refractivity contribution >= 4 is 11.6 Å². The maximum atomic E-state index is 5.93. The Morgan fingerprint density at radius 1 is 1.00 bits per heavy atom. The van der Waals surface area contributed by atoms with E-state index in [1.165, 1.54) is 0 Å². The highest BCUT2D eigenvalue weighted by Gasteiger charge is 2.30. The van der Waals surface area contributed by atoms with Gasteiger partial charge >= 0.3 is 0 Å². The Morgan fingerprint density at radius 3 is 1.80 bits per heavy atom. The van der Waals surface area contributed by atoms with Crippen molar-refractivity contribution in [2.75, 3.05) is 0 Å². The van der Waals surface area contributed by atoms with E-state index in [2.05, 4.69) is 0 Å². The summed E-state index contributed by atoms with van der Waals surface area (Å²) in [4.78, 5) is 0. The molecule has 0 aliphatic carbocycles. The van der Waals surface area contributed by atoms with Crippen LogP contribution in [0.4, 0.5) is 0 Å². The average molecular weight is 165 g/mol. The molecule has 1 heterocycles. The molecule has 3 heteroatoms. The quantitative estimate of drug-likeness (QED) is 0.508. The highest BCUT2D eigenvalue weighted by atomic mass is 35.5. The summed E-state index contributed by atoms with van der Waals surface area (Å²) in [5.41, 5.74) is 0. The molecular formula is C7H13ClO2. The number of hydrogen-bond donors (Lipinski definition) is 0. The van der Waals surface area contributed by atoms with Crippen molar-refractivity contribution < 1.29 is 9.47 Å². The van der Waals surface area contributed by atoms with Crippen LogP contribution >= 0.6 is 11.6 Å². The van der Waals surface area contributed by atoms with Gasteiger partial charge in [0.25, 0.3) is 0 Å². The smallest absolute Gasteiger partial charge is 0.155 e. The molecule has 1 rings (SSSR count). The van der Waals surface area contributed by atoms with Gasteiger partial charge in [0.05, 0.1) is 17.6 Å². The summed E-state index contributed by atoms with van der Waals surface area (Å²) in [6.07, 6.45) is 0.0841. The predicted octanol–water partition coefficient (Wildman–Crippen LogP) is 1.76. The lowest BCUT2D eigenvalue weighted by molar-refractivity contribution is -0.221. The topological polar surface area (TPSA) is 18.5 Å². The van der Waals surface area contributed by atoms with Gasteiger partial charge in [0.15, 0.2) is 6.29 Å². The Hall–Kier alpha value is 0.210. The van der Waals surface area contributed by atoms with E-state index in [-0.39, 0.29) is 23.9 Å². The fourth-order valence-corrected chi connectivity index (χ4v) is 1.29. The molecule has 1 aliphatic rings. The Bertz CT molecular complexity index is 106. The molecule has 0 radical (unpaired) electrons. The standard InChI is InChI=1S/C7H13ClO2/c1-4-7(8)5(2)10-6(3)9-4/h4-7H,1-3H3/t4-,5+,6?,7?. The molecule has 0 N–H and O–H groups in total. The van der Waals surface area contributed by atoms with Gasteiger partial charge in [-0.25, -0.2) is 0 Å². The van der Waals surface area contributed by atoms with Crippen molar-refractivity contribution in [2.45, 2.75) is 44.6 Å². The Labute approximate surface area is 66.5 Å². The zero-order valence-electron chi connectivity index (χ0n) is 6.50. The lowest BCUT2D eigenvalue weighted by Crippen LogP contribution is -2.43. The molecule has 0 bridgehead atoms. The Morgan fingerprint density at radius 2 is 1.40 bits per heavy atom. The largest absolute Gasteiger partial charge is 0.348 e. The molecule has 60 valence electrons. The minimum atomic E-state index is -0.111. The zero-order valence-corrected chi connectivity index (χ0v) is 7.26. The number of ether oxygens (including phenoxy) is 2. The van der Waals surface area contributed by atoms with Gasteiger partial charge in [-0.15, -0.1) is 11.6 Å².